The van der Waals surface area contributed by atoms with E-state index in [1.165, 1.54) is 107 Å². The number of carbonyl (C=O) groups is 1. The minimum Gasteiger partial charge on any atom is -0.463 e. The highest BCUT2D eigenvalue weighted by Crippen LogP contribution is 2.13. The van der Waals surface area contributed by atoms with Gasteiger partial charge < -0.3 is 9.22 Å². The molecule has 0 heterocycles. The molecule has 0 atom stereocenters. The molecule has 0 aromatic rings. The molecule has 0 aliphatic rings. The second-order valence-electron chi connectivity index (χ2n) is 8.70. The Bertz CT molecular complexity index is 352. The van der Waals surface area contributed by atoms with Crippen LogP contribution in [-0.4, -0.2) is 44.2 Å². The van der Waals surface area contributed by atoms with E-state index >= 15 is 0 Å². The van der Waals surface area contributed by atoms with Crippen molar-refractivity contribution in [1.82, 2.24) is 0 Å². The number of hydrogen-bond donors (Lipinski definition) is 0. The fourth-order valence-corrected chi connectivity index (χ4v) is 3.54. The van der Waals surface area contributed by atoms with Crippen LogP contribution in [-0.2, 0) is 9.53 Å². The summed E-state index contributed by atoms with van der Waals surface area (Å²) in [5.74, 6) is -0.302. The predicted molar refractivity (Wildman–Crippen MR) is 118 cm³/mol. The highest BCUT2D eigenvalue weighted by molar-refractivity contribution is 5.81. The Balaban J connectivity index is 3.32. The molecule has 3 heteroatoms. The minimum atomic E-state index is -0.302. The molecule has 0 amide bonds. The Labute approximate surface area is 170 Å². The molecule has 0 aromatic heterocycles. The van der Waals surface area contributed by atoms with Crippen LogP contribution in [0.15, 0.2) is 12.7 Å². The lowest BCUT2D eigenvalue weighted by Crippen LogP contribution is -2.41. The first kappa shape index (κ1) is 26.2. The third kappa shape index (κ3) is 19.7. The molecule has 0 saturated carbocycles. The second-order valence-corrected chi connectivity index (χ2v) is 8.70. The van der Waals surface area contributed by atoms with Crippen molar-refractivity contribution in [3.63, 3.8) is 0 Å². The van der Waals surface area contributed by atoms with Crippen molar-refractivity contribution in [2.24, 2.45) is 0 Å². The fraction of sp³-hybridized carbons (Fsp3) is 0.875. The maximum Gasteiger partial charge on any atom is 0.330 e. The largest absolute Gasteiger partial charge is 0.463 e. The first-order valence-corrected chi connectivity index (χ1v) is 11.6. The lowest BCUT2D eigenvalue weighted by Gasteiger charge is -2.30. The SMILES string of the molecule is C=CC(=O)OCCCCCCCCCCC[N+](C)(C)CCCCCCCC. The zero-order valence-corrected chi connectivity index (χ0v) is 18.8. The summed E-state index contributed by atoms with van der Waals surface area (Å²) in [6, 6.07) is 0. The molecule has 0 aliphatic carbocycles. The van der Waals surface area contributed by atoms with E-state index in [0.29, 0.717) is 6.61 Å². The van der Waals surface area contributed by atoms with E-state index in [1.807, 2.05) is 0 Å². The summed E-state index contributed by atoms with van der Waals surface area (Å²) in [4.78, 5) is 10.9. The van der Waals surface area contributed by atoms with Crippen molar-refractivity contribution in [3.8, 4) is 0 Å². The van der Waals surface area contributed by atoms with E-state index in [0.717, 1.165) is 12.8 Å². The standard InChI is InChI=1S/C24H48NO2/c1-5-7-8-9-15-18-21-25(3,4)22-19-16-13-11-10-12-14-17-20-23-27-24(26)6-2/h6H,2,5,7-23H2,1,3-4H3/q+1. The normalized spacial score (nSPS) is 11.5. The van der Waals surface area contributed by atoms with Gasteiger partial charge in [0.1, 0.15) is 0 Å². The average molecular weight is 383 g/mol. The maximum atomic E-state index is 10.9. The van der Waals surface area contributed by atoms with E-state index in [9.17, 15) is 4.79 Å². The summed E-state index contributed by atoms with van der Waals surface area (Å²) in [5, 5.41) is 0. The first-order chi connectivity index (χ1) is 13.0. The molecule has 27 heavy (non-hydrogen) atoms. The summed E-state index contributed by atoms with van der Waals surface area (Å²) in [7, 11) is 4.80. The lowest BCUT2D eigenvalue weighted by atomic mass is 10.1. The average Bonchev–Trinajstić information content (AvgIpc) is 2.65. The molecule has 3 nitrogen and oxygen atoms in total. The minimum absolute atomic E-state index is 0.302. The Kier molecular flexibility index (Phi) is 18.0. The molecule has 0 N–H and O–H groups in total. The van der Waals surface area contributed by atoms with E-state index < -0.39 is 0 Å². The Morgan fingerprint density at radius 2 is 1.15 bits per heavy atom. The summed E-state index contributed by atoms with van der Waals surface area (Å²) in [6.07, 6.45) is 21.2. The van der Waals surface area contributed by atoms with Gasteiger partial charge in [-0.1, -0.05) is 77.7 Å². The summed E-state index contributed by atoms with van der Waals surface area (Å²) < 4.78 is 6.18. The smallest absolute Gasteiger partial charge is 0.330 e. The van der Waals surface area contributed by atoms with E-state index in [2.05, 4.69) is 27.6 Å². The van der Waals surface area contributed by atoms with Gasteiger partial charge in [0.2, 0.25) is 0 Å². The molecule has 0 saturated heterocycles. The molecule has 0 bridgehead atoms. The van der Waals surface area contributed by atoms with Crippen LogP contribution < -0.4 is 0 Å². The van der Waals surface area contributed by atoms with Gasteiger partial charge in [0.05, 0.1) is 33.8 Å². The van der Waals surface area contributed by atoms with E-state index in [1.54, 1.807) is 0 Å². The number of ether oxygens (including phenoxy) is 1. The van der Waals surface area contributed by atoms with Gasteiger partial charge in [-0.05, 0) is 32.1 Å². The van der Waals surface area contributed by atoms with Crippen molar-refractivity contribution in [1.29, 1.82) is 0 Å². The zero-order valence-electron chi connectivity index (χ0n) is 18.8. The Hall–Kier alpha value is -0.830. The van der Waals surface area contributed by atoms with Crippen LogP contribution in [0.2, 0.25) is 0 Å². The quantitative estimate of drug-likeness (QED) is 0.102. The molecule has 0 radical (unpaired) electrons. The molecule has 0 aromatic carbocycles. The van der Waals surface area contributed by atoms with Gasteiger partial charge in [0, 0.05) is 6.08 Å². The number of unbranched alkanes of at least 4 members (excludes halogenated alkanes) is 13. The third-order valence-corrected chi connectivity index (χ3v) is 5.44. The van der Waals surface area contributed by atoms with Gasteiger partial charge in [0.15, 0.2) is 0 Å². The first-order valence-electron chi connectivity index (χ1n) is 11.6. The van der Waals surface area contributed by atoms with Crippen molar-refractivity contribution in [3.05, 3.63) is 12.7 Å². The number of hydrogen-bond acceptors (Lipinski definition) is 2. The second kappa shape index (κ2) is 18.5. The van der Waals surface area contributed by atoms with Crippen LogP contribution in [0.25, 0.3) is 0 Å². The van der Waals surface area contributed by atoms with Crippen LogP contribution in [0.1, 0.15) is 103 Å². The molecule has 0 spiro atoms. The molecule has 160 valence electrons. The summed E-state index contributed by atoms with van der Waals surface area (Å²) >= 11 is 0. The topological polar surface area (TPSA) is 26.3 Å². The third-order valence-electron chi connectivity index (χ3n) is 5.44. The Morgan fingerprint density at radius 1 is 0.741 bits per heavy atom. The van der Waals surface area contributed by atoms with Gasteiger partial charge in [0.25, 0.3) is 0 Å². The highest BCUT2D eigenvalue weighted by atomic mass is 16.5. The molecular weight excluding hydrogens is 334 g/mol. The molecule has 0 rings (SSSR count). The van der Waals surface area contributed by atoms with Crippen LogP contribution >= 0.6 is 0 Å². The van der Waals surface area contributed by atoms with E-state index in [-0.39, 0.29) is 5.97 Å². The molecule has 0 aliphatic heterocycles. The predicted octanol–water partition coefficient (Wildman–Crippen LogP) is 6.66. The van der Waals surface area contributed by atoms with Crippen molar-refractivity contribution < 1.29 is 14.0 Å². The van der Waals surface area contributed by atoms with Crippen molar-refractivity contribution in [2.75, 3.05) is 33.8 Å². The number of carbonyl (C=O) groups excluding carboxylic acids is 1. The van der Waals surface area contributed by atoms with Crippen molar-refractivity contribution in [2.45, 2.75) is 103 Å². The number of rotatable bonds is 20. The number of nitrogens with zero attached hydrogens (tertiary/aromatic N) is 1. The Morgan fingerprint density at radius 3 is 1.59 bits per heavy atom. The summed E-state index contributed by atoms with van der Waals surface area (Å²) in [5.41, 5.74) is 0. The number of quaternary nitrogens is 1. The van der Waals surface area contributed by atoms with Crippen molar-refractivity contribution >= 4 is 5.97 Å². The zero-order chi connectivity index (χ0) is 20.2. The fourth-order valence-electron chi connectivity index (χ4n) is 3.54. The van der Waals surface area contributed by atoms with Crippen LogP contribution in [0.3, 0.4) is 0 Å². The highest BCUT2D eigenvalue weighted by Gasteiger charge is 2.13. The van der Waals surface area contributed by atoms with Crippen LogP contribution in [0, 0.1) is 0 Å². The molecular formula is C24H48NO2+. The van der Waals surface area contributed by atoms with Gasteiger partial charge in [-0.2, -0.15) is 0 Å². The van der Waals surface area contributed by atoms with E-state index in [4.69, 9.17) is 4.74 Å². The van der Waals surface area contributed by atoms with Gasteiger partial charge >= 0.3 is 5.97 Å². The van der Waals surface area contributed by atoms with Gasteiger partial charge in [-0.15, -0.1) is 0 Å². The maximum absolute atomic E-state index is 10.9. The van der Waals surface area contributed by atoms with Crippen LogP contribution in [0.4, 0.5) is 0 Å². The van der Waals surface area contributed by atoms with Gasteiger partial charge in [-0.3, -0.25) is 0 Å². The number of esters is 1. The lowest BCUT2D eigenvalue weighted by molar-refractivity contribution is -0.890. The molecule has 0 fully saturated rings. The monoisotopic (exact) mass is 382 g/mol. The van der Waals surface area contributed by atoms with Crippen LogP contribution in [0.5, 0.6) is 0 Å². The van der Waals surface area contributed by atoms with Gasteiger partial charge in [-0.25, -0.2) is 4.79 Å². The summed E-state index contributed by atoms with van der Waals surface area (Å²) in [6.45, 7) is 8.89. The molecule has 0 unspecified atom stereocenters.